The van der Waals surface area contributed by atoms with Gasteiger partial charge in [0.1, 0.15) is 0 Å². The van der Waals surface area contributed by atoms with Gasteiger partial charge in [0, 0.05) is 12.1 Å². The number of thioether (sulfide) groups is 1. The molecular weight excluding hydrogens is 184 g/mol. The molecule has 0 aromatic rings. The van der Waals surface area contributed by atoms with E-state index in [1.165, 1.54) is 0 Å². The highest BCUT2D eigenvalue weighted by Gasteiger charge is 2.24. The maximum absolute atomic E-state index is 11.5. The average Bonchev–Trinajstić information content (AvgIpc) is 2.50. The minimum absolute atomic E-state index is 0.154. The lowest BCUT2D eigenvalue weighted by Crippen LogP contribution is -2.46. The van der Waals surface area contributed by atoms with Crippen LogP contribution in [0.3, 0.4) is 0 Å². The van der Waals surface area contributed by atoms with Gasteiger partial charge in [-0.15, -0.1) is 11.8 Å². The summed E-state index contributed by atoms with van der Waals surface area (Å²) in [4.78, 5) is 11.5. The van der Waals surface area contributed by atoms with Crippen LogP contribution < -0.4 is 11.1 Å². The monoisotopic (exact) mass is 202 g/mol. The number of rotatable bonds is 3. The second kappa shape index (κ2) is 4.33. The number of hydrogen-bond acceptors (Lipinski definition) is 3. The van der Waals surface area contributed by atoms with Crippen molar-refractivity contribution in [2.45, 2.75) is 37.5 Å². The zero-order valence-electron chi connectivity index (χ0n) is 8.30. The standard InChI is InChI=1S/C9H18N2OS/c1-9(2,10)6-11-8(12)7-4-3-5-13-7/h7H,3-6,10H2,1-2H3,(H,11,12). The minimum atomic E-state index is -0.307. The predicted molar refractivity (Wildman–Crippen MR) is 56.8 cm³/mol. The van der Waals surface area contributed by atoms with Crippen LogP contribution >= 0.6 is 11.8 Å². The van der Waals surface area contributed by atoms with Crippen molar-refractivity contribution >= 4 is 17.7 Å². The maximum Gasteiger partial charge on any atom is 0.233 e. The fourth-order valence-electron chi connectivity index (χ4n) is 1.21. The molecule has 0 aromatic carbocycles. The van der Waals surface area contributed by atoms with Gasteiger partial charge in [0.2, 0.25) is 5.91 Å². The van der Waals surface area contributed by atoms with E-state index in [0.29, 0.717) is 6.54 Å². The smallest absolute Gasteiger partial charge is 0.233 e. The van der Waals surface area contributed by atoms with Gasteiger partial charge in [-0.2, -0.15) is 0 Å². The Balaban J connectivity index is 2.25. The van der Waals surface area contributed by atoms with Gasteiger partial charge in [-0.05, 0) is 32.4 Å². The number of carbonyl (C=O) groups excluding carboxylic acids is 1. The molecule has 0 aliphatic carbocycles. The number of hydrogen-bond donors (Lipinski definition) is 2. The largest absolute Gasteiger partial charge is 0.353 e. The van der Waals surface area contributed by atoms with E-state index >= 15 is 0 Å². The van der Waals surface area contributed by atoms with Crippen LogP contribution in [0.25, 0.3) is 0 Å². The van der Waals surface area contributed by atoms with Crippen molar-refractivity contribution in [3.8, 4) is 0 Å². The summed E-state index contributed by atoms with van der Waals surface area (Å²) in [6.07, 6.45) is 2.18. The highest BCUT2D eigenvalue weighted by atomic mass is 32.2. The molecule has 13 heavy (non-hydrogen) atoms. The first-order valence-corrected chi connectivity index (χ1v) is 5.72. The molecule has 4 heteroatoms. The van der Waals surface area contributed by atoms with E-state index in [1.807, 2.05) is 13.8 Å². The molecule has 1 aliphatic rings. The van der Waals surface area contributed by atoms with E-state index in [9.17, 15) is 4.79 Å². The molecule has 1 heterocycles. The number of nitrogens with one attached hydrogen (secondary N) is 1. The van der Waals surface area contributed by atoms with E-state index in [0.717, 1.165) is 18.6 Å². The van der Waals surface area contributed by atoms with Crippen LogP contribution in [0.2, 0.25) is 0 Å². The molecule has 1 unspecified atom stereocenters. The van der Waals surface area contributed by atoms with Crippen molar-refractivity contribution in [1.29, 1.82) is 0 Å². The first kappa shape index (κ1) is 10.9. The normalized spacial score (nSPS) is 23.2. The second-order valence-electron chi connectivity index (χ2n) is 4.21. The molecule has 0 aromatic heterocycles. The molecule has 0 saturated carbocycles. The summed E-state index contributed by atoms with van der Waals surface area (Å²) in [5.74, 6) is 1.27. The van der Waals surface area contributed by atoms with E-state index in [4.69, 9.17) is 5.73 Å². The predicted octanol–water partition coefficient (Wildman–Crippen LogP) is 0.735. The summed E-state index contributed by atoms with van der Waals surface area (Å²) in [6.45, 7) is 4.38. The quantitative estimate of drug-likeness (QED) is 0.709. The van der Waals surface area contributed by atoms with Gasteiger partial charge in [0.15, 0.2) is 0 Å². The van der Waals surface area contributed by atoms with E-state index in [-0.39, 0.29) is 16.7 Å². The van der Waals surface area contributed by atoms with E-state index < -0.39 is 0 Å². The SMILES string of the molecule is CC(C)(N)CNC(=O)C1CCCS1. The Morgan fingerprint density at radius 2 is 2.38 bits per heavy atom. The molecule has 1 atom stereocenters. The highest BCUT2D eigenvalue weighted by molar-refractivity contribution is 8.00. The summed E-state index contributed by atoms with van der Waals surface area (Å²) >= 11 is 1.75. The average molecular weight is 202 g/mol. The van der Waals surface area contributed by atoms with Crippen LogP contribution in [0.5, 0.6) is 0 Å². The summed E-state index contributed by atoms with van der Waals surface area (Å²) < 4.78 is 0. The van der Waals surface area contributed by atoms with E-state index in [1.54, 1.807) is 11.8 Å². The zero-order valence-corrected chi connectivity index (χ0v) is 9.12. The Hall–Kier alpha value is -0.220. The van der Waals surface area contributed by atoms with Gasteiger partial charge in [-0.1, -0.05) is 0 Å². The fraction of sp³-hybridized carbons (Fsp3) is 0.889. The van der Waals surface area contributed by atoms with Crippen molar-refractivity contribution in [3.05, 3.63) is 0 Å². The topological polar surface area (TPSA) is 55.1 Å². The van der Waals surface area contributed by atoms with Crippen LogP contribution in [0.4, 0.5) is 0 Å². The van der Waals surface area contributed by atoms with Gasteiger partial charge in [-0.3, -0.25) is 4.79 Å². The van der Waals surface area contributed by atoms with Gasteiger partial charge in [-0.25, -0.2) is 0 Å². The van der Waals surface area contributed by atoms with Crippen LogP contribution in [-0.2, 0) is 4.79 Å². The second-order valence-corrected chi connectivity index (χ2v) is 5.52. The minimum Gasteiger partial charge on any atom is -0.353 e. The highest BCUT2D eigenvalue weighted by Crippen LogP contribution is 2.25. The van der Waals surface area contributed by atoms with E-state index in [2.05, 4.69) is 5.32 Å². The molecule has 1 aliphatic heterocycles. The zero-order chi connectivity index (χ0) is 9.90. The lowest BCUT2D eigenvalue weighted by atomic mass is 10.1. The van der Waals surface area contributed by atoms with Gasteiger partial charge < -0.3 is 11.1 Å². The van der Waals surface area contributed by atoms with Gasteiger partial charge in [0.25, 0.3) is 0 Å². The molecule has 3 N–H and O–H groups in total. The number of carbonyl (C=O) groups is 1. The third kappa shape index (κ3) is 4.00. The summed E-state index contributed by atoms with van der Waals surface area (Å²) in [5, 5.41) is 3.05. The molecule has 3 nitrogen and oxygen atoms in total. The Labute approximate surface area is 83.8 Å². The third-order valence-corrected chi connectivity index (χ3v) is 3.32. The third-order valence-electron chi connectivity index (χ3n) is 1.94. The molecule has 0 spiro atoms. The molecule has 1 amide bonds. The number of amides is 1. The molecule has 1 saturated heterocycles. The molecule has 0 bridgehead atoms. The Kier molecular flexibility index (Phi) is 3.62. The molecule has 0 radical (unpaired) electrons. The fourth-order valence-corrected chi connectivity index (χ4v) is 2.40. The van der Waals surface area contributed by atoms with Crippen molar-refractivity contribution in [1.82, 2.24) is 5.32 Å². The van der Waals surface area contributed by atoms with Crippen molar-refractivity contribution in [3.63, 3.8) is 0 Å². The molecule has 1 fully saturated rings. The first-order chi connectivity index (χ1) is 5.99. The van der Waals surface area contributed by atoms with Gasteiger partial charge in [0.05, 0.1) is 5.25 Å². The summed E-state index contributed by atoms with van der Waals surface area (Å²) in [6, 6.07) is 0. The Bertz CT molecular complexity index is 183. The Morgan fingerprint density at radius 3 is 2.85 bits per heavy atom. The molecule has 76 valence electrons. The maximum atomic E-state index is 11.5. The molecular formula is C9H18N2OS. The lowest BCUT2D eigenvalue weighted by Gasteiger charge is -2.20. The van der Waals surface area contributed by atoms with Crippen LogP contribution in [0.1, 0.15) is 26.7 Å². The number of nitrogens with two attached hydrogens (primary N) is 1. The lowest BCUT2D eigenvalue weighted by molar-refractivity contribution is -0.120. The van der Waals surface area contributed by atoms with Crippen LogP contribution in [0, 0.1) is 0 Å². The summed E-state index contributed by atoms with van der Waals surface area (Å²) in [7, 11) is 0. The Morgan fingerprint density at radius 1 is 1.69 bits per heavy atom. The van der Waals surface area contributed by atoms with Gasteiger partial charge >= 0.3 is 0 Å². The van der Waals surface area contributed by atoms with Crippen LogP contribution in [-0.4, -0.2) is 29.0 Å². The molecule has 1 rings (SSSR count). The van der Waals surface area contributed by atoms with Crippen molar-refractivity contribution < 1.29 is 4.79 Å². The first-order valence-electron chi connectivity index (χ1n) is 4.67. The summed E-state index contributed by atoms with van der Waals surface area (Å²) in [5.41, 5.74) is 5.45. The van der Waals surface area contributed by atoms with Crippen molar-refractivity contribution in [2.24, 2.45) is 5.73 Å². The van der Waals surface area contributed by atoms with Crippen molar-refractivity contribution in [2.75, 3.05) is 12.3 Å². The van der Waals surface area contributed by atoms with Crippen LogP contribution in [0.15, 0.2) is 0 Å².